The molecule has 3 atom stereocenters. The molecule has 0 saturated carbocycles. The molecule has 3 aromatic rings. The number of aliphatic hydroxyl groups is 1. The largest absolute Gasteiger partial charge is 0.505 e. The van der Waals surface area contributed by atoms with Gasteiger partial charge in [-0.15, -0.1) is 11.8 Å². The Morgan fingerprint density at radius 1 is 1.09 bits per heavy atom. The number of aromatic hydroxyl groups is 1. The average molecular weight is 624 g/mol. The topological polar surface area (TPSA) is 128 Å². The highest BCUT2D eigenvalue weighted by molar-refractivity contribution is 8.00. The van der Waals surface area contributed by atoms with Gasteiger partial charge < -0.3 is 30.5 Å². The first kappa shape index (κ1) is 32.8. The van der Waals surface area contributed by atoms with E-state index in [4.69, 9.17) is 4.74 Å². The van der Waals surface area contributed by atoms with Gasteiger partial charge in [-0.3, -0.25) is 14.4 Å². The van der Waals surface area contributed by atoms with E-state index in [2.05, 4.69) is 10.6 Å². The first-order valence-corrected chi connectivity index (χ1v) is 15.2. The number of carbonyl (C=O) groups excluding carboxylic acids is 3. The zero-order valence-electron chi connectivity index (χ0n) is 25.4. The third-order valence-corrected chi connectivity index (χ3v) is 9.36. The number of nitrogens with zero attached hydrogens (tertiary/aromatic N) is 1. The number of halogens is 1. The van der Waals surface area contributed by atoms with Gasteiger partial charge in [0, 0.05) is 22.4 Å². The Kier molecular flexibility index (Phi) is 10.2. The number of amides is 3. The van der Waals surface area contributed by atoms with Gasteiger partial charge in [-0.1, -0.05) is 36.4 Å². The van der Waals surface area contributed by atoms with Crippen molar-refractivity contribution in [1.82, 2.24) is 15.5 Å². The first-order chi connectivity index (χ1) is 20.8. The molecule has 4 N–H and O–H groups in total. The molecule has 234 valence electrons. The van der Waals surface area contributed by atoms with Crippen molar-refractivity contribution in [3.63, 3.8) is 0 Å². The van der Waals surface area contributed by atoms with Crippen LogP contribution >= 0.6 is 11.8 Å². The van der Waals surface area contributed by atoms with Crippen molar-refractivity contribution in [3.8, 4) is 11.5 Å². The lowest BCUT2D eigenvalue weighted by molar-refractivity contribution is -0.147. The van der Waals surface area contributed by atoms with Crippen LogP contribution in [0, 0.1) is 19.7 Å². The fourth-order valence-corrected chi connectivity index (χ4v) is 6.40. The van der Waals surface area contributed by atoms with Gasteiger partial charge in [0.1, 0.15) is 11.8 Å². The third kappa shape index (κ3) is 7.16. The predicted octanol–water partition coefficient (Wildman–Crippen LogP) is 3.86. The number of aryl methyl sites for hydroxylation is 1. The van der Waals surface area contributed by atoms with Crippen LogP contribution in [0.4, 0.5) is 4.39 Å². The molecule has 4 rings (SSSR count). The maximum absolute atomic E-state index is 13.9. The van der Waals surface area contributed by atoms with Gasteiger partial charge in [0.2, 0.25) is 5.91 Å². The molecule has 3 amide bonds. The van der Waals surface area contributed by atoms with Crippen LogP contribution in [0.1, 0.15) is 46.5 Å². The summed E-state index contributed by atoms with van der Waals surface area (Å²) in [5, 5.41) is 27.2. The van der Waals surface area contributed by atoms with Crippen molar-refractivity contribution < 1.29 is 33.7 Å². The number of carbonyl (C=O) groups is 3. The Bertz CT molecular complexity index is 1530. The second kappa shape index (κ2) is 13.7. The number of phenols is 1. The molecule has 0 radical (unpaired) electrons. The first-order valence-electron chi connectivity index (χ1n) is 14.2. The molecule has 0 aliphatic carbocycles. The van der Waals surface area contributed by atoms with Crippen LogP contribution in [-0.2, 0) is 22.6 Å². The number of hydrogen-bond donors (Lipinski definition) is 4. The van der Waals surface area contributed by atoms with Crippen LogP contribution in [-0.4, -0.2) is 68.8 Å². The van der Waals surface area contributed by atoms with E-state index in [1.807, 2.05) is 45.0 Å². The quantitative estimate of drug-likeness (QED) is 0.270. The molecular weight excluding hydrogens is 585 g/mol. The van der Waals surface area contributed by atoms with Crippen LogP contribution in [0.15, 0.2) is 60.7 Å². The van der Waals surface area contributed by atoms with Crippen molar-refractivity contribution >= 4 is 29.5 Å². The monoisotopic (exact) mass is 623 g/mol. The van der Waals surface area contributed by atoms with Crippen LogP contribution in [0.3, 0.4) is 0 Å². The summed E-state index contributed by atoms with van der Waals surface area (Å²) in [7, 11) is 1.53. The van der Waals surface area contributed by atoms with Gasteiger partial charge in [-0.2, -0.15) is 0 Å². The predicted molar refractivity (Wildman–Crippen MR) is 167 cm³/mol. The molecule has 44 heavy (non-hydrogen) atoms. The number of benzene rings is 3. The number of methoxy groups -OCH3 is 1. The number of hydrogen-bond acceptors (Lipinski definition) is 7. The van der Waals surface area contributed by atoms with Crippen molar-refractivity contribution in [2.45, 2.75) is 63.6 Å². The molecule has 1 fully saturated rings. The van der Waals surface area contributed by atoms with E-state index in [0.717, 1.165) is 17.2 Å². The summed E-state index contributed by atoms with van der Waals surface area (Å²) in [6.07, 6.45) is -1.67. The second-order valence-corrected chi connectivity index (χ2v) is 13.0. The summed E-state index contributed by atoms with van der Waals surface area (Å²) in [5.41, 5.74) is 2.69. The minimum Gasteiger partial charge on any atom is -0.505 e. The van der Waals surface area contributed by atoms with Crippen molar-refractivity contribution in [2.75, 3.05) is 13.0 Å². The Morgan fingerprint density at radius 3 is 2.43 bits per heavy atom. The maximum atomic E-state index is 13.9. The number of nitrogens with one attached hydrogen (secondary N) is 2. The number of thioether (sulfide) groups is 1. The maximum Gasteiger partial charge on any atom is 0.254 e. The van der Waals surface area contributed by atoms with Gasteiger partial charge in [0.25, 0.3) is 11.8 Å². The number of rotatable bonds is 10. The van der Waals surface area contributed by atoms with Crippen LogP contribution in [0.5, 0.6) is 11.5 Å². The fourth-order valence-electron chi connectivity index (χ4n) is 5.26. The second-order valence-electron chi connectivity index (χ2n) is 11.4. The van der Waals surface area contributed by atoms with Crippen molar-refractivity contribution in [3.05, 3.63) is 94.3 Å². The molecular formula is C33H38FN3O6S. The van der Waals surface area contributed by atoms with Crippen LogP contribution < -0.4 is 15.4 Å². The molecule has 11 heteroatoms. The molecule has 0 spiro atoms. The van der Waals surface area contributed by atoms with E-state index in [1.54, 1.807) is 24.3 Å². The molecule has 3 aromatic carbocycles. The smallest absolute Gasteiger partial charge is 0.254 e. The Morgan fingerprint density at radius 2 is 1.77 bits per heavy atom. The van der Waals surface area contributed by atoms with E-state index in [-0.39, 0.29) is 35.9 Å². The van der Waals surface area contributed by atoms with Crippen LogP contribution in [0.25, 0.3) is 0 Å². The zero-order valence-corrected chi connectivity index (χ0v) is 26.2. The van der Waals surface area contributed by atoms with Crippen molar-refractivity contribution in [2.24, 2.45) is 0 Å². The van der Waals surface area contributed by atoms with Gasteiger partial charge >= 0.3 is 0 Å². The minimum atomic E-state index is -1.73. The highest BCUT2D eigenvalue weighted by Gasteiger charge is 2.49. The average Bonchev–Trinajstić information content (AvgIpc) is 3.33. The van der Waals surface area contributed by atoms with Gasteiger partial charge in [-0.05, 0) is 75.1 Å². The van der Waals surface area contributed by atoms with E-state index in [0.29, 0.717) is 11.3 Å². The fraction of sp³-hybridized carbons (Fsp3) is 0.364. The Labute approximate surface area is 260 Å². The van der Waals surface area contributed by atoms with E-state index < -0.39 is 46.3 Å². The lowest BCUT2D eigenvalue weighted by Crippen LogP contribution is -2.58. The number of phenolic OH excluding ortho intramolecular Hbond substituents is 1. The lowest BCUT2D eigenvalue weighted by atomic mass is 9.96. The summed E-state index contributed by atoms with van der Waals surface area (Å²) in [6, 6.07) is 14.8. The molecule has 1 heterocycles. The summed E-state index contributed by atoms with van der Waals surface area (Å²) in [5.74, 6) is -2.51. The number of ether oxygens (including phenoxy) is 1. The third-order valence-electron chi connectivity index (χ3n) is 7.98. The summed E-state index contributed by atoms with van der Waals surface area (Å²) >= 11 is 1.42. The summed E-state index contributed by atoms with van der Waals surface area (Å²) in [4.78, 5) is 42.1. The van der Waals surface area contributed by atoms with Gasteiger partial charge in [0.05, 0.1) is 19.0 Å². The molecule has 1 saturated heterocycles. The Hall–Kier alpha value is -4.09. The van der Waals surface area contributed by atoms with Gasteiger partial charge in [0.15, 0.2) is 17.7 Å². The molecule has 1 unspecified atom stereocenters. The zero-order chi connectivity index (χ0) is 32.2. The highest BCUT2D eigenvalue weighted by Crippen LogP contribution is 2.40. The van der Waals surface area contributed by atoms with E-state index in [1.165, 1.54) is 36.8 Å². The highest BCUT2D eigenvalue weighted by atomic mass is 32.2. The van der Waals surface area contributed by atoms with E-state index in [9.17, 15) is 29.0 Å². The van der Waals surface area contributed by atoms with Crippen molar-refractivity contribution in [1.29, 1.82) is 0 Å². The molecule has 1 aliphatic rings. The minimum absolute atomic E-state index is 0.00500. The Balaban J connectivity index is 1.59. The van der Waals surface area contributed by atoms with E-state index >= 15 is 0 Å². The lowest BCUT2D eigenvalue weighted by Gasteiger charge is -2.33. The normalized spacial score (nSPS) is 17.1. The molecule has 0 bridgehead atoms. The molecule has 0 aromatic heterocycles. The number of aliphatic hydroxyl groups excluding tert-OH is 1. The summed E-state index contributed by atoms with van der Waals surface area (Å²) in [6.45, 7) is 7.38. The van der Waals surface area contributed by atoms with Gasteiger partial charge in [-0.25, -0.2) is 4.39 Å². The molecule has 9 nitrogen and oxygen atoms in total. The SMILES string of the molecule is COc1ccc(C[C@H](NC(=O)c2ccc(F)c(O)c2C)[C@H](O)C(=O)N2CSC(C)(C)C2C(=O)NCc2ccccc2C)cc1. The molecule has 1 aliphatic heterocycles. The summed E-state index contributed by atoms with van der Waals surface area (Å²) < 4.78 is 18.4. The standard InChI is InChI=1S/C33H38FN3O6S/c1-19-8-6-7-9-22(19)17-35-31(41)29-33(3,4)44-18-37(29)32(42)28(39)26(16-21-10-12-23(43-5)13-11-21)36-30(40)24-14-15-25(34)27(38)20(24)2/h6-15,26,28-29,38-39H,16-18H2,1-5H3,(H,35,41)(H,36,40)/t26-,28-,29?/m0/s1. The van der Waals surface area contributed by atoms with Crippen LogP contribution in [0.2, 0.25) is 0 Å².